The van der Waals surface area contributed by atoms with Gasteiger partial charge in [0.05, 0.1) is 26.4 Å². The predicted octanol–water partition coefficient (Wildman–Crippen LogP) is 18.5. The highest BCUT2D eigenvalue weighted by Gasteiger charge is 2.30. The first-order valence-corrected chi connectivity index (χ1v) is 37.8. The van der Waals surface area contributed by atoms with Crippen molar-refractivity contribution in [3.05, 3.63) is 0 Å². The summed E-state index contributed by atoms with van der Waals surface area (Å²) in [6, 6.07) is 0. The second kappa shape index (κ2) is 57.0. The Morgan fingerprint density at radius 2 is 0.558 bits per heavy atom. The fourth-order valence-electron chi connectivity index (χ4n) is 9.89. The van der Waals surface area contributed by atoms with Gasteiger partial charge in [-0.05, 0) is 49.4 Å². The highest BCUT2D eigenvalue weighted by atomic mass is 31.2. The molecule has 0 aromatic carbocycles. The van der Waals surface area contributed by atoms with Crippen molar-refractivity contribution in [3.63, 3.8) is 0 Å². The summed E-state index contributed by atoms with van der Waals surface area (Å²) in [7, 11) is -9.90. The van der Waals surface area contributed by atoms with Crippen LogP contribution in [0.5, 0.6) is 0 Å². The van der Waals surface area contributed by atoms with Crippen LogP contribution in [0.25, 0.3) is 0 Å². The summed E-state index contributed by atoms with van der Waals surface area (Å²) in [5, 5.41) is 10.6. The Labute approximate surface area is 524 Å². The Morgan fingerprint density at radius 3 is 0.826 bits per heavy atom. The maximum absolute atomic E-state index is 13.0. The Bertz CT molecular complexity index is 1720. The molecule has 510 valence electrons. The van der Waals surface area contributed by atoms with Gasteiger partial charge in [0.15, 0.2) is 12.2 Å². The number of phosphoric ester groups is 2. The van der Waals surface area contributed by atoms with Crippen LogP contribution in [0.1, 0.15) is 325 Å². The SMILES string of the molecule is CCC(C)CCCCCCCCCCCCC(=O)O[C@H](COC(=O)CCCCCCCCCC(C)C)COP(=O)(O)OCC(O)COP(=O)(O)OC[C@@H](COC(=O)CCCCCCCCCCC(C)CC)OC(=O)CCCCCCCCCC(C)C. The number of hydrogen-bond acceptors (Lipinski definition) is 15. The number of ether oxygens (including phenoxy) is 4. The van der Waals surface area contributed by atoms with Gasteiger partial charge < -0.3 is 33.8 Å². The van der Waals surface area contributed by atoms with E-state index in [1.807, 2.05) is 0 Å². The van der Waals surface area contributed by atoms with Crippen LogP contribution in [0.2, 0.25) is 0 Å². The lowest BCUT2D eigenvalue weighted by Crippen LogP contribution is -2.30. The first kappa shape index (κ1) is 84.1. The number of phosphoric acid groups is 2. The normalized spacial score (nSPS) is 15.0. The van der Waals surface area contributed by atoms with Crippen molar-refractivity contribution in [2.24, 2.45) is 23.7 Å². The average Bonchev–Trinajstić information content (AvgIpc) is 3.69. The first-order valence-electron chi connectivity index (χ1n) is 34.8. The Kier molecular flexibility index (Phi) is 55.7. The van der Waals surface area contributed by atoms with Crippen molar-refractivity contribution < 1.29 is 80.2 Å². The minimum Gasteiger partial charge on any atom is -0.462 e. The van der Waals surface area contributed by atoms with E-state index in [2.05, 4.69) is 55.4 Å². The molecular formula is C67H130O17P2. The molecule has 0 heterocycles. The minimum atomic E-state index is -4.95. The van der Waals surface area contributed by atoms with E-state index in [4.69, 9.17) is 37.0 Å². The molecular weight excluding hydrogens is 1140 g/mol. The highest BCUT2D eigenvalue weighted by Crippen LogP contribution is 2.45. The number of carbonyl (C=O) groups excluding carboxylic acids is 4. The number of aliphatic hydroxyl groups excluding tert-OH is 1. The fraction of sp³-hybridized carbons (Fsp3) is 0.940. The zero-order chi connectivity index (χ0) is 63.9. The second-order valence-electron chi connectivity index (χ2n) is 25.6. The van der Waals surface area contributed by atoms with E-state index < -0.39 is 97.5 Å². The van der Waals surface area contributed by atoms with Gasteiger partial charge >= 0.3 is 39.5 Å². The number of carbonyl (C=O) groups is 4. The van der Waals surface area contributed by atoms with E-state index in [-0.39, 0.29) is 25.7 Å². The van der Waals surface area contributed by atoms with Crippen molar-refractivity contribution >= 4 is 39.5 Å². The molecule has 0 aliphatic heterocycles. The quantitative estimate of drug-likeness (QED) is 0.0222. The van der Waals surface area contributed by atoms with Gasteiger partial charge in [0.25, 0.3) is 0 Å². The second-order valence-corrected chi connectivity index (χ2v) is 28.6. The highest BCUT2D eigenvalue weighted by molar-refractivity contribution is 7.47. The van der Waals surface area contributed by atoms with Crippen LogP contribution >= 0.6 is 15.6 Å². The van der Waals surface area contributed by atoms with Crippen molar-refractivity contribution in [2.45, 2.75) is 343 Å². The summed E-state index contributed by atoms with van der Waals surface area (Å²) in [6.07, 6.45) is 37.6. The summed E-state index contributed by atoms with van der Waals surface area (Å²) in [5.41, 5.74) is 0. The van der Waals surface area contributed by atoms with Gasteiger partial charge in [-0.3, -0.25) is 37.3 Å². The average molecular weight is 1270 g/mol. The number of unbranched alkanes of at least 4 members (excludes halogenated alkanes) is 28. The van der Waals surface area contributed by atoms with E-state index in [0.29, 0.717) is 37.5 Å². The van der Waals surface area contributed by atoms with E-state index >= 15 is 0 Å². The third-order valence-corrected chi connectivity index (χ3v) is 17.9. The lowest BCUT2D eigenvalue weighted by molar-refractivity contribution is -0.161. The van der Waals surface area contributed by atoms with E-state index in [1.54, 1.807) is 0 Å². The molecule has 7 atom stereocenters. The van der Waals surface area contributed by atoms with Crippen LogP contribution in [0.15, 0.2) is 0 Å². The molecule has 0 radical (unpaired) electrons. The van der Waals surface area contributed by atoms with Gasteiger partial charge in [-0.2, -0.15) is 0 Å². The largest absolute Gasteiger partial charge is 0.472 e. The Hall–Kier alpha value is -1.94. The molecule has 0 amide bonds. The van der Waals surface area contributed by atoms with Gasteiger partial charge in [0.1, 0.15) is 19.3 Å². The molecule has 0 saturated carbocycles. The summed E-state index contributed by atoms with van der Waals surface area (Å²) < 4.78 is 68.1. The monoisotopic (exact) mass is 1270 g/mol. The van der Waals surface area contributed by atoms with E-state index in [9.17, 15) is 43.2 Å². The van der Waals surface area contributed by atoms with Crippen molar-refractivity contribution in [2.75, 3.05) is 39.6 Å². The molecule has 0 saturated heterocycles. The molecule has 19 heteroatoms. The third-order valence-electron chi connectivity index (χ3n) is 16.0. The van der Waals surface area contributed by atoms with Crippen LogP contribution < -0.4 is 0 Å². The maximum atomic E-state index is 13.0. The standard InChI is InChI=1S/C67H130O17P2/c1-9-59(7)45-37-29-21-13-11-12-14-24-33-41-49-66(71)83-62(54-78-65(70)48-40-32-25-17-19-27-35-43-57(3)4)55-81-85(73,74)79-51-61(68)52-80-86(75,76)82-56-63(84-67(72)50-42-34-26-18-20-28-36-44-58(5)6)53-77-64(69)47-39-31-23-16-15-22-30-38-46-60(8)10-2/h57-63,68H,9-56H2,1-8H3,(H,73,74)(H,75,76)/t59?,60?,61?,62-,63-/m1/s1. The van der Waals surface area contributed by atoms with E-state index in [1.165, 1.54) is 122 Å². The number of hydrogen-bond donors (Lipinski definition) is 3. The van der Waals surface area contributed by atoms with Crippen molar-refractivity contribution in [3.8, 4) is 0 Å². The minimum absolute atomic E-state index is 0.102. The molecule has 86 heavy (non-hydrogen) atoms. The molecule has 0 aliphatic carbocycles. The fourth-order valence-corrected chi connectivity index (χ4v) is 11.5. The molecule has 0 rings (SSSR count). The third kappa shape index (κ3) is 58.4. The van der Waals surface area contributed by atoms with Gasteiger partial charge in [-0.25, -0.2) is 9.13 Å². The molecule has 0 fully saturated rings. The molecule has 17 nitrogen and oxygen atoms in total. The summed E-state index contributed by atoms with van der Waals surface area (Å²) in [4.78, 5) is 72.4. The zero-order valence-corrected chi connectivity index (χ0v) is 57.7. The van der Waals surface area contributed by atoms with Crippen LogP contribution in [-0.4, -0.2) is 96.7 Å². The van der Waals surface area contributed by atoms with Crippen molar-refractivity contribution in [1.29, 1.82) is 0 Å². The smallest absolute Gasteiger partial charge is 0.462 e. The maximum Gasteiger partial charge on any atom is 0.472 e. The molecule has 0 aliphatic rings. The Balaban J connectivity index is 5.26. The van der Waals surface area contributed by atoms with Gasteiger partial charge in [-0.15, -0.1) is 0 Å². The van der Waals surface area contributed by atoms with Gasteiger partial charge in [0, 0.05) is 25.7 Å². The Morgan fingerprint density at radius 1 is 0.326 bits per heavy atom. The molecule has 0 aromatic rings. The number of aliphatic hydroxyl groups is 1. The van der Waals surface area contributed by atoms with Gasteiger partial charge in [-0.1, -0.05) is 274 Å². The lowest BCUT2D eigenvalue weighted by atomic mass is 9.99. The number of rotatable bonds is 64. The molecule has 5 unspecified atom stereocenters. The molecule has 0 aromatic heterocycles. The summed E-state index contributed by atoms with van der Waals surface area (Å²) in [6.45, 7) is 14.0. The van der Waals surface area contributed by atoms with Crippen LogP contribution in [0.3, 0.4) is 0 Å². The zero-order valence-electron chi connectivity index (χ0n) is 55.9. The lowest BCUT2D eigenvalue weighted by Gasteiger charge is -2.21. The molecule has 0 bridgehead atoms. The van der Waals surface area contributed by atoms with E-state index in [0.717, 1.165) is 108 Å². The number of esters is 4. The predicted molar refractivity (Wildman–Crippen MR) is 344 cm³/mol. The molecule has 0 spiro atoms. The van der Waals surface area contributed by atoms with Crippen LogP contribution in [-0.2, 0) is 65.4 Å². The van der Waals surface area contributed by atoms with Crippen LogP contribution in [0, 0.1) is 23.7 Å². The summed E-state index contributed by atoms with van der Waals surface area (Å²) >= 11 is 0. The van der Waals surface area contributed by atoms with Crippen molar-refractivity contribution in [1.82, 2.24) is 0 Å². The summed E-state index contributed by atoms with van der Waals surface area (Å²) in [5.74, 6) is 0.845. The molecule has 3 N–H and O–H groups in total. The van der Waals surface area contributed by atoms with Gasteiger partial charge in [0.2, 0.25) is 0 Å². The topological polar surface area (TPSA) is 237 Å². The first-order chi connectivity index (χ1) is 41.2. The van der Waals surface area contributed by atoms with Crippen LogP contribution in [0.4, 0.5) is 0 Å².